The van der Waals surface area contributed by atoms with E-state index in [0.717, 1.165) is 6.42 Å². The lowest BCUT2D eigenvalue weighted by Gasteiger charge is -2.17. The molecule has 5 nitrogen and oxygen atoms in total. The number of carboxylic acid groups (broad SMARTS) is 1. The van der Waals surface area contributed by atoms with Gasteiger partial charge in [-0.1, -0.05) is 0 Å². The molecule has 1 heterocycles. The van der Waals surface area contributed by atoms with Crippen LogP contribution in [0, 0.1) is 0 Å². The van der Waals surface area contributed by atoms with Gasteiger partial charge in [0.1, 0.15) is 0 Å². The number of rotatable bonds is 4. The van der Waals surface area contributed by atoms with E-state index >= 15 is 0 Å². The zero-order valence-corrected chi connectivity index (χ0v) is 9.18. The number of carbonyl (C=O) groups excluding carboxylic acids is 1. The fourth-order valence-electron chi connectivity index (χ4n) is 1.39. The summed E-state index contributed by atoms with van der Waals surface area (Å²) in [7, 11) is 0. The van der Waals surface area contributed by atoms with Crippen LogP contribution in [-0.2, 0) is 9.59 Å². The summed E-state index contributed by atoms with van der Waals surface area (Å²) in [6.07, 6.45) is 2.02. The highest BCUT2D eigenvalue weighted by molar-refractivity contribution is 7.80. The zero-order chi connectivity index (χ0) is 11.3. The molecule has 0 aromatic carbocycles. The van der Waals surface area contributed by atoms with Gasteiger partial charge in [0.15, 0.2) is 5.11 Å². The number of carboxylic acids is 1. The molecule has 0 spiro atoms. The zero-order valence-electron chi connectivity index (χ0n) is 8.36. The van der Waals surface area contributed by atoms with Gasteiger partial charge in [-0.25, -0.2) is 0 Å². The number of hydrogen-bond donors (Lipinski definition) is 2. The van der Waals surface area contributed by atoms with Crippen molar-refractivity contribution in [3.8, 4) is 0 Å². The average Bonchev–Trinajstić information content (AvgIpc) is 2.58. The number of hydrogen-bond acceptors (Lipinski definition) is 3. The average molecular weight is 230 g/mol. The first-order valence-electron chi connectivity index (χ1n) is 4.91. The molecule has 0 aromatic rings. The minimum absolute atomic E-state index is 0.0470. The van der Waals surface area contributed by atoms with Crippen LogP contribution < -0.4 is 5.32 Å². The van der Waals surface area contributed by atoms with Gasteiger partial charge in [-0.05, 0) is 25.1 Å². The van der Waals surface area contributed by atoms with Gasteiger partial charge in [0.25, 0.3) is 0 Å². The first kappa shape index (κ1) is 11.9. The number of carbonyl (C=O) groups is 2. The molecule has 1 aliphatic heterocycles. The van der Waals surface area contributed by atoms with E-state index in [4.69, 9.17) is 17.3 Å². The lowest BCUT2D eigenvalue weighted by molar-refractivity contribution is -0.137. The molecule has 15 heavy (non-hydrogen) atoms. The van der Waals surface area contributed by atoms with Gasteiger partial charge in [-0.2, -0.15) is 0 Å². The molecule has 2 N–H and O–H groups in total. The maximum absolute atomic E-state index is 11.3. The Hall–Kier alpha value is -1.17. The Morgan fingerprint density at radius 3 is 2.87 bits per heavy atom. The Morgan fingerprint density at radius 2 is 2.33 bits per heavy atom. The van der Waals surface area contributed by atoms with Gasteiger partial charge < -0.3 is 10.4 Å². The Bertz CT molecular complexity index is 281. The van der Waals surface area contributed by atoms with Crippen molar-refractivity contribution in [1.82, 2.24) is 10.2 Å². The van der Waals surface area contributed by atoms with Crippen molar-refractivity contribution in [3.05, 3.63) is 0 Å². The quantitative estimate of drug-likeness (QED) is 0.538. The van der Waals surface area contributed by atoms with E-state index in [0.29, 0.717) is 31.0 Å². The molecule has 6 heteroatoms. The second-order valence-corrected chi connectivity index (χ2v) is 3.76. The van der Waals surface area contributed by atoms with E-state index in [1.807, 2.05) is 0 Å². The van der Waals surface area contributed by atoms with Crippen molar-refractivity contribution in [2.75, 3.05) is 13.1 Å². The van der Waals surface area contributed by atoms with Crippen LogP contribution in [0.4, 0.5) is 0 Å². The number of aliphatic carboxylic acids is 1. The highest BCUT2D eigenvalue weighted by atomic mass is 32.1. The Labute approximate surface area is 93.4 Å². The van der Waals surface area contributed by atoms with E-state index < -0.39 is 5.97 Å². The SMILES string of the molecule is O=C(O)CCCNC(=S)N1CCCC1=O. The maximum Gasteiger partial charge on any atom is 0.303 e. The van der Waals surface area contributed by atoms with Crippen LogP contribution in [0.5, 0.6) is 0 Å². The van der Waals surface area contributed by atoms with Crippen LogP contribution in [0.3, 0.4) is 0 Å². The lowest BCUT2D eigenvalue weighted by Crippen LogP contribution is -2.40. The third-order valence-electron chi connectivity index (χ3n) is 2.16. The predicted octanol–water partition coefficient (Wildman–Crippen LogP) is 0.348. The highest BCUT2D eigenvalue weighted by Crippen LogP contribution is 2.09. The van der Waals surface area contributed by atoms with Crippen molar-refractivity contribution in [1.29, 1.82) is 0 Å². The van der Waals surface area contributed by atoms with Gasteiger partial charge in [0, 0.05) is 25.9 Å². The van der Waals surface area contributed by atoms with Gasteiger partial charge in [-0.15, -0.1) is 0 Å². The Kier molecular flexibility index (Phi) is 4.48. The fraction of sp³-hybridized carbons (Fsp3) is 0.667. The van der Waals surface area contributed by atoms with Crippen LogP contribution >= 0.6 is 12.2 Å². The summed E-state index contributed by atoms with van der Waals surface area (Å²) >= 11 is 5.02. The molecule has 0 atom stereocenters. The fourth-order valence-corrected chi connectivity index (χ4v) is 1.69. The third-order valence-corrected chi connectivity index (χ3v) is 2.53. The van der Waals surface area contributed by atoms with E-state index in [2.05, 4.69) is 5.32 Å². The Balaban J connectivity index is 2.18. The second-order valence-electron chi connectivity index (χ2n) is 3.38. The molecule has 0 aliphatic carbocycles. The van der Waals surface area contributed by atoms with Crippen LogP contribution in [0.2, 0.25) is 0 Å². The van der Waals surface area contributed by atoms with Crippen LogP contribution in [0.1, 0.15) is 25.7 Å². The van der Waals surface area contributed by atoms with Crippen molar-refractivity contribution in [3.63, 3.8) is 0 Å². The Morgan fingerprint density at radius 1 is 1.60 bits per heavy atom. The molecular weight excluding hydrogens is 216 g/mol. The van der Waals surface area contributed by atoms with Gasteiger partial charge >= 0.3 is 5.97 Å². The van der Waals surface area contributed by atoms with Crippen molar-refractivity contribution < 1.29 is 14.7 Å². The highest BCUT2D eigenvalue weighted by Gasteiger charge is 2.23. The largest absolute Gasteiger partial charge is 0.481 e. The molecule has 84 valence electrons. The number of amides is 1. The molecule has 0 radical (unpaired) electrons. The lowest BCUT2D eigenvalue weighted by atomic mass is 10.3. The first-order valence-corrected chi connectivity index (χ1v) is 5.32. The summed E-state index contributed by atoms with van der Waals surface area (Å²) in [5.41, 5.74) is 0. The van der Waals surface area contributed by atoms with E-state index in [1.54, 1.807) is 0 Å². The second kappa shape index (κ2) is 5.65. The summed E-state index contributed by atoms with van der Waals surface area (Å²) < 4.78 is 0. The molecule has 0 bridgehead atoms. The standard InChI is InChI=1S/C9H14N2O3S/c12-7-3-2-6-11(7)9(15)10-5-1-4-8(13)14/h1-6H2,(H,10,15)(H,13,14). The molecule has 1 aliphatic rings. The molecule has 0 unspecified atom stereocenters. The summed E-state index contributed by atoms with van der Waals surface area (Å²) in [5, 5.41) is 11.7. The van der Waals surface area contributed by atoms with Gasteiger partial charge in [-0.3, -0.25) is 14.5 Å². The number of nitrogens with zero attached hydrogens (tertiary/aromatic N) is 1. The van der Waals surface area contributed by atoms with Crippen molar-refractivity contribution in [2.24, 2.45) is 0 Å². The predicted molar refractivity (Wildman–Crippen MR) is 58.4 cm³/mol. The minimum atomic E-state index is -0.819. The molecule has 1 saturated heterocycles. The molecule has 0 aromatic heterocycles. The molecule has 0 saturated carbocycles. The maximum atomic E-state index is 11.3. The summed E-state index contributed by atoms with van der Waals surface area (Å²) in [5.74, 6) is -0.772. The van der Waals surface area contributed by atoms with E-state index in [-0.39, 0.29) is 12.3 Å². The monoisotopic (exact) mass is 230 g/mol. The van der Waals surface area contributed by atoms with Gasteiger partial charge in [0.05, 0.1) is 0 Å². The third kappa shape index (κ3) is 3.83. The van der Waals surface area contributed by atoms with Crippen LogP contribution in [0.25, 0.3) is 0 Å². The van der Waals surface area contributed by atoms with Crippen molar-refractivity contribution in [2.45, 2.75) is 25.7 Å². The summed E-state index contributed by atoms with van der Waals surface area (Å²) in [6.45, 7) is 1.17. The van der Waals surface area contributed by atoms with E-state index in [9.17, 15) is 9.59 Å². The van der Waals surface area contributed by atoms with Crippen LogP contribution in [-0.4, -0.2) is 40.1 Å². The summed E-state index contributed by atoms with van der Waals surface area (Å²) in [6, 6.07) is 0. The topological polar surface area (TPSA) is 69.6 Å². The van der Waals surface area contributed by atoms with Gasteiger partial charge in [0.2, 0.25) is 5.91 Å². The molecule has 1 fully saturated rings. The van der Waals surface area contributed by atoms with Crippen molar-refractivity contribution >= 4 is 29.2 Å². The smallest absolute Gasteiger partial charge is 0.303 e. The number of likely N-dealkylation sites (tertiary alicyclic amines) is 1. The molecular formula is C9H14N2O3S. The van der Waals surface area contributed by atoms with E-state index in [1.165, 1.54) is 4.90 Å². The molecule has 1 rings (SSSR count). The normalized spacial score (nSPS) is 15.5. The number of thiocarbonyl (C=S) groups is 1. The molecule has 1 amide bonds. The summed E-state index contributed by atoms with van der Waals surface area (Å²) in [4.78, 5) is 23.0. The van der Waals surface area contributed by atoms with Crippen LogP contribution in [0.15, 0.2) is 0 Å². The minimum Gasteiger partial charge on any atom is -0.481 e. The number of nitrogens with one attached hydrogen (secondary N) is 1. The first-order chi connectivity index (χ1) is 7.11.